The Morgan fingerprint density at radius 1 is 0.735 bits per heavy atom. The smallest absolute Gasteiger partial charge is 0.0845 e. The van der Waals surface area contributed by atoms with Crippen LogP contribution < -0.4 is 0 Å². The fourth-order valence-electron chi connectivity index (χ4n) is 4.84. The fraction of sp³-hybridized carbons (Fsp3) is 0.308. The van der Waals surface area contributed by atoms with Gasteiger partial charge in [0.05, 0.1) is 22.7 Å². The lowest BCUT2D eigenvalue weighted by Crippen LogP contribution is -2.48. The summed E-state index contributed by atoms with van der Waals surface area (Å²) in [5.74, 6) is 0. The van der Waals surface area contributed by atoms with Crippen molar-refractivity contribution in [1.82, 2.24) is 14.4 Å². The Labute approximate surface area is 226 Å². The molecule has 1 N–H and O–H groups in total. The average molecular weight is 626 g/mol. The van der Waals surface area contributed by atoms with Crippen molar-refractivity contribution in [2.45, 2.75) is 19.2 Å². The second kappa shape index (κ2) is 10.5. The second-order valence-electron chi connectivity index (χ2n) is 8.91. The van der Waals surface area contributed by atoms with Crippen molar-refractivity contribution in [2.24, 2.45) is 0 Å². The second-order valence-corrected chi connectivity index (χ2v) is 11.6. The topological polar surface area (TPSA) is 31.6 Å². The van der Waals surface area contributed by atoms with Crippen molar-refractivity contribution >= 4 is 76.9 Å². The number of fused-ring (bicyclic) bond motifs is 3. The third kappa shape index (κ3) is 5.34. The molecule has 0 radical (unpaired) electrons. The van der Waals surface area contributed by atoms with Crippen LogP contribution in [0.2, 0.25) is 10.0 Å². The molecule has 0 spiro atoms. The van der Waals surface area contributed by atoms with Crippen molar-refractivity contribution in [3.8, 4) is 0 Å². The molecule has 1 unspecified atom stereocenters. The molecule has 3 aromatic carbocycles. The predicted molar refractivity (Wildman–Crippen MR) is 149 cm³/mol. The first-order valence-electron chi connectivity index (χ1n) is 11.3. The number of hydrogen-bond acceptors (Lipinski definition) is 3. The van der Waals surface area contributed by atoms with Crippen LogP contribution in [0.25, 0.3) is 21.8 Å². The number of nitrogens with zero attached hydrogens (tertiary/aromatic N) is 3. The van der Waals surface area contributed by atoms with E-state index in [0.29, 0.717) is 23.1 Å². The van der Waals surface area contributed by atoms with E-state index in [0.717, 1.165) is 52.7 Å². The molecule has 0 amide bonds. The first-order valence-corrected chi connectivity index (χ1v) is 13.7. The van der Waals surface area contributed by atoms with Gasteiger partial charge in [-0.05, 0) is 54.1 Å². The molecule has 1 fully saturated rings. The van der Waals surface area contributed by atoms with E-state index in [9.17, 15) is 5.11 Å². The molecule has 1 aliphatic rings. The molecule has 0 bridgehead atoms. The van der Waals surface area contributed by atoms with Gasteiger partial charge in [-0.15, -0.1) is 0 Å². The van der Waals surface area contributed by atoms with Gasteiger partial charge in [-0.25, -0.2) is 0 Å². The van der Waals surface area contributed by atoms with Gasteiger partial charge in [-0.1, -0.05) is 61.1 Å². The molecule has 5 rings (SSSR count). The molecule has 0 saturated carbocycles. The highest BCUT2D eigenvalue weighted by Gasteiger charge is 2.21. The molecule has 178 valence electrons. The van der Waals surface area contributed by atoms with Gasteiger partial charge >= 0.3 is 0 Å². The number of β-amino-alcohol motifs (C(OH)–C–C–N with tert-alkyl or cyclic N) is 1. The van der Waals surface area contributed by atoms with Gasteiger partial charge in [0, 0.05) is 70.0 Å². The molecular weight excluding hydrogens is 601 g/mol. The van der Waals surface area contributed by atoms with E-state index in [1.54, 1.807) is 0 Å². The van der Waals surface area contributed by atoms with E-state index in [1.807, 2.05) is 18.2 Å². The molecule has 8 heteroatoms. The Morgan fingerprint density at radius 2 is 1.32 bits per heavy atom. The maximum atomic E-state index is 11.0. The van der Waals surface area contributed by atoms with E-state index < -0.39 is 6.10 Å². The van der Waals surface area contributed by atoms with Gasteiger partial charge < -0.3 is 9.67 Å². The van der Waals surface area contributed by atoms with Crippen LogP contribution in [0.1, 0.15) is 5.56 Å². The van der Waals surface area contributed by atoms with Crippen LogP contribution >= 0.6 is 55.1 Å². The SMILES string of the molecule is OC(CN1CCN(Cc2ccc(Cl)c(Cl)c2)CC1)Cn1c2ccc(Br)cc2c2cc(Br)ccc21. The summed E-state index contributed by atoms with van der Waals surface area (Å²) in [6.45, 7) is 5.88. The zero-order valence-corrected chi connectivity index (χ0v) is 23.2. The highest BCUT2D eigenvalue weighted by atomic mass is 79.9. The number of hydrogen-bond donors (Lipinski definition) is 1. The molecule has 0 aliphatic carbocycles. The summed E-state index contributed by atoms with van der Waals surface area (Å²) in [5.41, 5.74) is 3.45. The normalized spacial score (nSPS) is 16.5. The van der Waals surface area contributed by atoms with Crippen molar-refractivity contribution in [1.29, 1.82) is 0 Å². The largest absolute Gasteiger partial charge is 0.390 e. The standard InChI is InChI=1S/C26H25Br2Cl2N3O/c27-18-2-5-25-21(12-18)22-13-19(28)3-6-26(22)33(25)16-20(34)15-32-9-7-31(8-10-32)14-17-1-4-23(29)24(30)11-17/h1-6,11-13,20,34H,7-10,14-16H2. The number of aliphatic hydroxyl groups excluding tert-OH is 1. The Morgan fingerprint density at radius 3 is 1.91 bits per heavy atom. The summed E-state index contributed by atoms with van der Waals surface area (Å²) >= 11 is 19.4. The first-order chi connectivity index (χ1) is 16.4. The molecule has 1 atom stereocenters. The summed E-state index contributed by atoms with van der Waals surface area (Å²) in [5, 5.41) is 14.6. The number of halogens is 4. The summed E-state index contributed by atoms with van der Waals surface area (Å²) in [7, 11) is 0. The van der Waals surface area contributed by atoms with E-state index in [2.05, 4.69) is 82.6 Å². The van der Waals surface area contributed by atoms with Crippen molar-refractivity contribution in [2.75, 3.05) is 32.7 Å². The van der Waals surface area contributed by atoms with Crippen molar-refractivity contribution in [3.05, 3.63) is 79.2 Å². The van der Waals surface area contributed by atoms with E-state index in [-0.39, 0.29) is 0 Å². The molecular formula is C26H25Br2Cl2N3O. The number of aromatic nitrogens is 1. The van der Waals surface area contributed by atoms with Gasteiger partial charge in [0.2, 0.25) is 0 Å². The molecule has 1 saturated heterocycles. The van der Waals surface area contributed by atoms with Crippen LogP contribution in [0.4, 0.5) is 0 Å². The minimum atomic E-state index is -0.451. The quantitative estimate of drug-likeness (QED) is 0.256. The highest BCUT2D eigenvalue weighted by Crippen LogP contribution is 2.33. The van der Waals surface area contributed by atoms with Crippen molar-refractivity contribution in [3.63, 3.8) is 0 Å². The highest BCUT2D eigenvalue weighted by molar-refractivity contribution is 9.10. The predicted octanol–water partition coefficient (Wildman–Crippen LogP) is 6.81. The van der Waals surface area contributed by atoms with Crippen molar-refractivity contribution < 1.29 is 5.11 Å². The number of rotatable bonds is 6. The average Bonchev–Trinajstić information content (AvgIpc) is 3.09. The van der Waals surface area contributed by atoms with Gasteiger partial charge in [-0.2, -0.15) is 0 Å². The van der Waals surface area contributed by atoms with Gasteiger partial charge in [-0.3, -0.25) is 9.80 Å². The fourth-order valence-corrected chi connectivity index (χ4v) is 5.88. The molecule has 4 nitrogen and oxygen atoms in total. The Hall–Kier alpha value is -1.12. The van der Waals surface area contributed by atoms with Gasteiger partial charge in [0.1, 0.15) is 0 Å². The summed E-state index contributed by atoms with van der Waals surface area (Å²) in [6, 6.07) is 18.5. The lowest BCUT2D eigenvalue weighted by Gasteiger charge is -2.35. The number of benzene rings is 3. The third-order valence-electron chi connectivity index (χ3n) is 6.51. The Balaban J connectivity index is 1.24. The summed E-state index contributed by atoms with van der Waals surface area (Å²) in [4.78, 5) is 4.78. The monoisotopic (exact) mass is 623 g/mol. The first kappa shape index (κ1) is 24.6. The number of aliphatic hydroxyl groups is 1. The van der Waals surface area contributed by atoms with Crippen LogP contribution in [0.5, 0.6) is 0 Å². The third-order valence-corrected chi connectivity index (χ3v) is 8.23. The van der Waals surface area contributed by atoms with Crippen LogP contribution in [0.3, 0.4) is 0 Å². The molecule has 1 aromatic heterocycles. The van der Waals surface area contributed by atoms with E-state index in [1.165, 1.54) is 16.3 Å². The molecule has 4 aromatic rings. The van der Waals surface area contributed by atoms with Crippen LogP contribution in [-0.4, -0.2) is 58.3 Å². The number of piperazine rings is 1. The molecule has 34 heavy (non-hydrogen) atoms. The van der Waals surface area contributed by atoms with E-state index >= 15 is 0 Å². The minimum absolute atomic E-state index is 0.451. The maximum absolute atomic E-state index is 11.0. The Kier molecular flexibility index (Phi) is 7.57. The van der Waals surface area contributed by atoms with Gasteiger partial charge in [0.15, 0.2) is 0 Å². The van der Waals surface area contributed by atoms with Crippen LogP contribution in [0.15, 0.2) is 63.5 Å². The van der Waals surface area contributed by atoms with Crippen LogP contribution in [0, 0.1) is 0 Å². The summed E-state index contributed by atoms with van der Waals surface area (Å²) in [6.07, 6.45) is -0.451. The lowest BCUT2D eigenvalue weighted by atomic mass is 10.2. The molecule has 1 aliphatic heterocycles. The lowest BCUT2D eigenvalue weighted by molar-refractivity contribution is 0.0634. The zero-order valence-electron chi connectivity index (χ0n) is 18.5. The Bertz CT molecular complexity index is 1280. The van der Waals surface area contributed by atoms with E-state index in [4.69, 9.17) is 23.2 Å². The minimum Gasteiger partial charge on any atom is -0.390 e. The van der Waals surface area contributed by atoms with Gasteiger partial charge in [0.25, 0.3) is 0 Å². The molecule has 2 heterocycles. The summed E-state index contributed by atoms with van der Waals surface area (Å²) < 4.78 is 4.35. The maximum Gasteiger partial charge on any atom is 0.0845 e. The zero-order chi connectivity index (χ0) is 23.8. The van der Waals surface area contributed by atoms with Crippen LogP contribution in [-0.2, 0) is 13.1 Å².